The van der Waals surface area contributed by atoms with Crippen LogP contribution in [0.25, 0.3) is 0 Å². The van der Waals surface area contributed by atoms with Gasteiger partial charge in [-0.05, 0) is 73.4 Å². The number of nitrogens with one attached hydrogen (secondary N) is 1. The van der Waals surface area contributed by atoms with E-state index in [9.17, 15) is 4.79 Å². The highest BCUT2D eigenvalue weighted by Crippen LogP contribution is 2.27. The van der Waals surface area contributed by atoms with E-state index in [4.69, 9.17) is 4.74 Å². The minimum atomic E-state index is -0.483. The highest BCUT2D eigenvalue weighted by atomic mass is 79.9. The molecule has 1 heterocycles. The van der Waals surface area contributed by atoms with Crippen molar-refractivity contribution in [1.82, 2.24) is 10.2 Å². The summed E-state index contributed by atoms with van der Waals surface area (Å²) in [6.07, 6.45) is 1.52. The van der Waals surface area contributed by atoms with E-state index >= 15 is 0 Å². The molecular weight excluding hydrogens is 332 g/mol. The Morgan fingerprint density at radius 3 is 2.71 bits per heavy atom. The predicted molar refractivity (Wildman–Crippen MR) is 87.6 cm³/mol. The number of carbonyl (C=O) groups excluding carboxylic acids is 1. The van der Waals surface area contributed by atoms with E-state index in [0.717, 1.165) is 36.0 Å². The van der Waals surface area contributed by atoms with Gasteiger partial charge in [0, 0.05) is 13.1 Å². The van der Waals surface area contributed by atoms with E-state index in [1.165, 1.54) is 0 Å². The summed E-state index contributed by atoms with van der Waals surface area (Å²) in [6.45, 7) is 5.78. The largest absolute Gasteiger partial charge is 0.480 e. The first-order valence-electron chi connectivity index (χ1n) is 7.39. The molecule has 4 nitrogen and oxygen atoms in total. The zero-order valence-electron chi connectivity index (χ0n) is 12.9. The molecule has 0 bridgehead atoms. The van der Waals surface area contributed by atoms with E-state index in [1.807, 2.05) is 44.0 Å². The first-order valence-corrected chi connectivity index (χ1v) is 8.18. The molecule has 1 N–H and O–H groups in total. The number of likely N-dealkylation sites (N-methyl/N-ethyl adjacent to an activating group) is 1. The van der Waals surface area contributed by atoms with Crippen LogP contribution in [0.1, 0.15) is 25.3 Å². The van der Waals surface area contributed by atoms with Gasteiger partial charge in [0.1, 0.15) is 5.75 Å². The fourth-order valence-corrected chi connectivity index (χ4v) is 3.19. The highest BCUT2D eigenvalue weighted by Gasteiger charge is 2.26. The average molecular weight is 355 g/mol. The summed E-state index contributed by atoms with van der Waals surface area (Å²) in [5, 5.41) is 3.31. The van der Waals surface area contributed by atoms with Gasteiger partial charge in [0.25, 0.3) is 5.91 Å². The number of rotatable bonds is 4. The van der Waals surface area contributed by atoms with Gasteiger partial charge in [0.15, 0.2) is 6.10 Å². The van der Waals surface area contributed by atoms with Gasteiger partial charge in [0.2, 0.25) is 0 Å². The monoisotopic (exact) mass is 354 g/mol. The molecule has 1 fully saturated rings. The molecule has 0 radical (unpaired) electrons. The molecule has 5 heteroatoms. The molecule has 0 aromatic heterocycles. The summed E-state index contributed by atoms with van der Waals surface area (Å²) < 4.78 is 6.70. The van der Waals surface area contributed by atoms with Crippen molar-refractivity contribution >= 4 is 21.8 Å². The van der Waals surface area contributed by atoms with Gasteiger partial charge >= 0.3 is 0 Å². The van der Waals surface area contributed by atoms with Gasteiger partial charge in [-0.2, -0.15) is 0 Å². The van der Waals surface area contributed by atoms with Crippen LogP contribution in [0.4, 0.5) is 0 Å². The number of nitrogens with zero attached hydrogens (tertiary/aromatic N) is 1. The lowest BCUT2D eigenvalue weighted by Crippen LogP contribution is -2.48. The van der Waals surface area contributed by atoms with Gasteiger partial charge in [-0.15, -0.1) is 0 Å². The summed E-state index contributed by atoms with van der Waals surface area (Å²) in [7, 11) is 1.88. The Morgan fingerprint density at radius 1 is 1.43 bits per heavy atom. The summed E-state index contributed by atoms with van der Waals surface area (Å²) in [5.41, 5.74) is 1.15. The van der Waals surface area contributed by atoms with Crippen molar-refractivity contribution in [3.8, 4) is 5.75 Å². The van der Waals surface area contributed by atoms with Crippen molar-refractivity contribution in [2.75, 3.05) is 20.1 Å². The van der Waals surface area contributed by atoms with E-state index in [0.29, 0.717) is 11.8 Å². The summed E-state index contributed by atoms with van der Waals surface area (Å²) in [4.78, 5) is 14.3. The molecule has 21 heavy (non-hydrogen) atoms. The fraction of sp³-hybridized carbons (Fsp3) is 0.562. The minimum absolute atomic E-state index is 0.0365. The molecule has 0 aliphatic carbocycles. The van der Waals surface area contributed by atoms with Crippen molar-refractivity contribution in [2.45, 2.75) is 38.8 Å². The minimum Gasteiger partial charge on any atom is -0.480 e. The van der Waals surface area contributed by atoms with Gasteiger partial charge < -0.3 is 15.0 Å². The van der Waals surface area contributed by atoms with E-state index in [2.05, 4.69) is 21.2 Å². The topological polar surface area (TPSA) is 41.6 Å². The van der Waals surface area contributed by atoms with E-state index in [-0.39, 0.29) is 5.91 Å². The number of hydrogen-bond donors (Lipinski definition) is 1. The maximum Gasteiger partial charge on any atom is 0.263 e. The molecule has 1 aliphatic rings. The van der Waals surface area contributed by atoms with E-state index < -0.39 is 6.10 Å². The first kappa shape index (κ1) is 16.3. The number of amides is 1. The van der Waals surface area contributed by atoms with Crippen molar-refractivity contribution in [3.63, 3.8) is 0 Å². The quantitative estimate of drug-likeness (QED) is 0.903. The Morgan fingerprint density at radius 2 is 2.10 bits per heavy atom. The molecule has 1 saturated heterocycles. The van der Waals surface area contributed by atoms with Crippen LogP contribution >= 0.6 is 15.9 Å². The number of aryl methyl sites for hydroxylation is 1. The molecule has 2 rings (SSSR count). The summed E-state index contributed by atoms with van der Waals surface area (Å²) >= 11 is 3.48. The van der Waals surface area contributed by atoms with Crippen molar-refractivity contribution in [2.24, 2.45) is 0 Å². The van der Waals surface area contributed by atoms with Crippen LogP contribution in [0, 0.1) is 6.92 Å². The molecule has 1 aromatic rings. The van der Waals surface area contributed by atoms with Crippen molar-refractivity contribution in [3.05, 3.63) is 28.2 Å². The lowest BCUT2D eigenvalue weighted by Gasteiger charge is -2.33. The average Bonchev–Trinajstić information content (AvgIpc) is 2.49. The van der Waals surface area contributed by atoms with Gasteiger partial charge in [0.05, 0.1) is 4.47 Å². The van der Waals surface area contributed by atoms with Crippen LogP contribution in [0.5, 0.6) is 5.75 Å². The Kier molecular flexibility index (Phi) is 5.65. The van der Waals surface area contributed by atoms with Crippen molar-refractivity contribution < 1.29 is 9.53 Å². The Bertz CT molecular complexity index is 501. The fourth-order valence-electron chi connectivity index (χ4n) is 2.60. The molecule has 1 aliphatic heterocycles. The molecule has 1 unspecified atom stereocenters. The molecule has 1 atom stereocenters. The second-order valence-corrected chi connectivity index (χ2v) is 6.48. The summed E-state index contributed by atoms with van der Waals surface area (Å²) in [5.74, 6) is 0.745. The first-order chi connectivity index (χ1) is 9.99. The zero-order chi connectivity index (χ0) is 15.4. The third kappa shape index (κ3) is 4.20. The molecular formula is C16H23BrN2O2. The third-order valence-corrected chi connectivity index (χ3v) is 4.56. The molecule has 0 saturated carbocycles. The number of piperidine rings is 1. The third-order valence-electron chi connectivity index (χ3n) is 3.94. The molecule has 1 amide bonds. The number of hydrogen-bond acceptors (Lipinski definition) is 3. The number of halogens is 1. The van der Waals surface area contributed by atoms with Crippen LogP contribution in [0.3, 0.4) is 0 Å². The second-order valence-electron chi connectivity index (χ2n) is 5.62. The molecule has 1 aromatic carbocycles. The second kappa shape index (κ2) is 7.27. The van der Waals surface area contributed by atoms with Crippen LogP contribution in [0.15, 0.2) is 22.7 Å². The maximum absolute atomic E-state index is 12.5. The van der Waals surface area contributed by atoms with Gasteiger partial charge in [-0.1, -0.05) is 6.07 Å². The van der Waals surface area contributed by atoms with Gasteiger partial charge in [-0.25, -0.2) is 0 Å². The summed E-state index contributed by atoms with van der Waals surface area (Å²) in [6, 6.07) is 6.18. The predicted octanol–water partition coefficient (Wildman–Crippen LogP) is 2.74. The zero-order valence-corrected chi connectivity index (χ0v) is 14.4. The number of carbonyl (C=O) groups is 1. The van der Waals surface area contributed by atoms with Gasteiger partial charge in [-0.3, -0.25) is 4.79 Å². The van der Waals surface area contributed by atoms with E-state index in [1.54, 1.807) is 0 Å². The van der Waals surface area contributed by atoms with Crippen molar-refractivity contribution in [1.29, 1.82) is 0 Å². The number of benzene rings is 1. The Balaban J connectivity index is 1.98. The normalized spacial score (nSPS) is 17.3. The lowest BCUT2D eigenvalue weighted by molar-refractivity contribution is -0.139. The van der Waals surface area contributed by atoms with Crippen LogP contribution < -0.4 is 10.1 Å². The Labute approximate surface area is 135 Å². The standard InChI is InChI=1S/C16H23BrN2O2/c1-11-4-5-15(14(17)10-11)21-12(2)16(20)19(3)13-6-8-18-9-7-13/h4-5,10,12-13,18H,6-9H2,1-3H3. The smallest absolute Gasteiger partial charge is 0.263 e. The highest BCUT2D eigenvalue weighted by molar-refractivity contribution is 9.10. The lowest BCUT2D eigenvalue weighted by atomic mass is 10.0. The SMILES string of the molecule is Cc1ccc(OC(C)C(=O)N(C)C2CCNCC2)c(Br)c1. The van der Waals surface area contributed by atoms with Crippen LogP contribution in [-0.4, -0.2) is 43.1 Å². The molecule has 0 spiro atoms. The maximum atomic E-state index is 12.5. The molecule has 116 valence electrons. The number of ether oxygens (including phenoxy) is 1. The Hall–Kier alpha value is -1.07. The van der Waals surface area contributed by atoms with Crippen LogP contribution in [-0.2, 0) is 4.79 Å². The van der Waals surface area contributed by atoms with Crippen LogP contribution in [0.2, 0.25) is 0 Å².